The van der Waals surface area contributed by atoms with E-state index in [1.54, 1.807) is 6.21 Å². The summed E-state index contributed by atoms with van der Waals surface area (Å²) in [6.07, 6.45) is 10.7. The van der Waals surface area contributed by atoms with Gasteiger partial charge in [0, 0.05) is 10.4 Å². The number of hydrogen-bond acceptors (Lipinski definition) is 2. The lowest BCUT2D eigenvalue weighted by molar-refractivity contribution is -0.122. The molecule has 0 radical (unpaired) electrons. The molecule has 1 fully saturated rings. The standard InChI is InChI=1S/C17H19BrN2O/c18-13-9-7-12(8-10-13)11-19-20-17(21)16-14-5-3-1-2-4-6-15(14)16/h1-2,7-11,14-16H,3-6H2,(H,20,21)/b2-1?,19-11-/t14-,15+,16?. The second-order valence-electron chi connectivity index (χ2n) is 5.77. The summed E-state index contributed by atoms with van der Waals surface area (Å²) in [5.41, 5.74) is 3.68. The van der Waals surface area contributed by atoms with Crippen molar-refractivity contribution in [3.8, 4) is 0 Å². The fourth-order valence-corrected chi connectivity index (χ4v) is 3.49. The minimum absolute atomic E-state index is 0.0836. The van der Waals surface area contributed by atoms with E-state index in [0.717, 1.165) is 35.7 Å². The number of rotatable bonds is 3. The van der Waals surface area contributed by atoms with E-state index in [9.17, 15) is 4.79 Å². The fraction of sp³-hybridized carbons (Fsp3) is 0.412. The highest BCUT2D eigenvalue weighted by Crippen LogP contribution is 2.52. The molecule has 0 saturated heterocycles. The summed E-state index contributed by atoms with van der Waals surface area (Å²) in [7, 11) is 0. The van der Waals surface area contributed by atoms with Crippen LogP contribution in [0.1, 0.15) is 31.2 Å². The lowest BCUT2D eigenvalue weighted by Gasteiger charge is -1.99. The molecule has 3 atom stereocenters. The summed E-state index contributed by atoms with van der Waals surface area (Å²) in [5, 5.41) is 4.08. The summed E-state index contributed by atoms with van der Waals surface area (Å²) in [6, 6.07) is 7.82. The Hall–Kier alpha value is -1.42. The number of nitrogens with one attached hydrogen (secondary N) is 1. The molecule has 1 amide bonds. The van der Waals surface area contributed by atoms with Gasteiger partial charge in [0.2, 0.25) is 5.91 Å². The van der Waals surface area contributed by atoms with Crippen molar-refractivity contribution in [2.45, 2.75) is 25.7 Å². The highest BCUT2D eigenvalue weighted by molar-refractivity contribution is 9.10. The van der Waals surface area contributed by atoms with Crippen LogP contribution in [0.25, 0.3) is 0 Å². The molecule has 1 unspecified atom stereocenters. The lowest BCUT2D eigenvalue weighted by atomic mass is 10.1. The van der Waals surface area contributed by atoms with Crippen LogP contribution in [0, 0.1) is 17.8 Å². The van der Waals surface area contributed by atoms with Crippen molar-refractivity contribution in [2.75, 3.05) is 0 Å². The van der Waals surface area contributed by atoms with Crippen LogP contribution >= 0.6 is 15.9 Å². The Morgan fingerprint density at radius 1 is 1.14 bits per heavy atom. The van der Waals surface area contributed by atoms with E-state index >= 15 is 0 Å². The van der Waals surface area contributed by atoms with E-state index in [-0.39, 0.29) is 11.8 Å². The van der Waals surface area contributed by atoms with E-state index in [2.05, 4.69) is 38.6 Å². The molecule has 0 spiro atoms. The van der Waals surface area contributed by atoms with Crippen molar-refractivity contribution in [3.05, 3.63) is 46.5 Å². The Bertz CT molecular complexity index is 549. The van der Waals surface area contributed by atoms with E-state index in [1.165, 1.54) is 0 Å². The quantitative estimate of drug-likeness (QED) is 0.503. The number of amides is 1. The third kappa shape index (κ3) is 3.62. The number of fused-ring (bicyclic) bond motifs is 1. The molecule has 3 nitrogen and oxygen atoms in total. The van der Waals surface area contributed by atoms with Gasteiger partial charge in [0.15, 0.2) is 0 Å². The molecule has 1 N–H and O–H groups in total. The second-order valence-corrected chi connectivity index (χ2v) is 6.68. The van der Waals surface area contributed by atoms with Gasteiger partial charge >= 0.3 is 0 Å². The zero-order valence-corrected chi connectivity index (χ0v) is 13.4. The SMILES string of the molecule is O=C(N/N=C\c1ccc(Br)cc1)C1[C@H]2CCC=CCC[C@@H]12. The van der Waals surface area contributed by atoms with Crippen LogP contribution in [0.5, 0.6) is 0 Å². The highest BCUT2D eigenvalue weighted by atomic mass is 79.9. The molecule has 1 aromatic carbocycles. The first kappa shape index (κ1) is 14.5. The summed E-state index contributed by atoms with van der Waals surface area (Å²) in [6.45, 7) is 0. The number of hydrazone groups is 1. The van der Waals surface area contributed by atoms with Crippen LogP contribution in [0.3, 0.4) is 0 Å². The molecule has 2 aliphatic rings. The average molecular weight is 347 g/mol. The van der Waals surface area contributed by atoms with Crippen LogP contribution in [0.15, 0.2) is 46.0 Å². The van der Waals surface area contributed by atoms with Crippen molar-refractivity contribution in [1.82, 2.24) is 5.43 Å². The number of halogens is 1. The minimum Gasteiger partial charge on any atom is -0.273 e. The molecular weight excluding hydrogens is 328 g/mol. The van der Waals surface area contributed by atoms with Crippen molar-refractivity contribution < 1.29 is 4.79 Å². The van der Waals surface area contributed by atoms with Gasteiger partial charge in [-0.3, -0.25) is 4.79 Å². The Morgan fingerprint density at radius 3 is 2.38 bits per heavy atom. The van der Waals surface area contributed by atoms with Crippen LogP contribution in [0.4, 0.5) is 0 Å². The number of benzene rings is 1. The predicted molar refractivity (Wildman–Crippen MR) is 88.0 cm³/mol. The maximum atomic E-state index is 12.2. The predicted octanol–water partition coefficient (Wildman–Crippen LogP) is 3.89. The fourth-order valence-electron chi connectivity index (χ4n) is 3.23. The summed E-state index contributed by atoms with van der Waals surface area (Å²) in [5.74, 6) is 1.39. The summed E-state index contributed by atoms with van der Waals surface area (Å²) >= 11 is 3.39. The van der Waals surface area contributed by atoms with Crippen LogP contribution in [0.2, 0.25) is 0 Å². The Balaban J connectivity index is 1.52. The monoisotopic (exact) mass is 346 g/mol. The minimum atomic E-state index is 0.0836. The van der Waals surface area contributed by atoms with Crippen molar-refractivity contribution in [1.29, 1.82) is 0 Å². The van der Waals surface area contributed by atoms with E-state index in [4.69, 9.17) is 0 Å². The molecule has 0 aromatic heterocycles. The smallest absolute Gasteiger partial charge is 0.243 e. The second kappa shape index (κ2) is 6.56. The molecule has 2 aliphatic carbocycles. The van der Waals surface area contributed by atoms with Gasteiger partial charge in [0.1, 0.15) is 0 Å². The van der Waals surface area contributed by atoms with Gasteiger partial charge in [-0.05, 0) is 55.2 Å². The maximum absolute atomic E-state index is 12.2. The largest absolute Gasteiger partial charge is 0.273 e. The third-order valence-electron chi connectivity index (χ3n) is 4.39. The van der Waals surface area contributed by atoms with Crippen LogP contribution in [-0.4, -0.2) is 12.1 Å². The zero-order valence-electron chi connectivity index (χ0n) is 11.8. The lowest BCUT2D eigenvalue weighted by Crippen LogP contribution is -2.21. The van der Waals surface area contributed by atoms with Crippen molar-refractivity contribution in [3.63, 3.8) is 0 Å². The number of hydrogen-bond donors (Lipinski definition) is 1. The number of allylic oxidation sites excluding steroid dienone is 2. The Morgan fingerprint density at radius 2 is 1.76 bits per heavy atom. The van der Waals surface area contributed by atoms with Gasteiger partial charge in [0.05, 0.1) is 6.21 Å². The van der Waals surface area contributed by atoms with Gasteiger partial charge in [-0.25, -0.2) is 5.43 Å². The molecule has 110 valence electrons. The van der Waals surface area contributed by atoms with Crippen LogP contribution < -0.4 is 5.43 Å². The number of nitrogens with zero attached hydrogens (tertiary/aromatic N) is 1. The molecular formula is C17H19BrN2O. The molecule has 0 heterocycles. The van der Waals surface area contributed by atoms with Gasteiger partial charge in [-0.2, -0.15) is 5.10 Å². The summed E-state index contributed by atoms with van der Waals surface area (Å²) in [4.78, 5) is 12.2. The Kier molecular flexibility index (Phi) is 4.54. The van der Waals surface area contributed by atoms with Gasteiger partial charge in [-0.1, -0.05) is 40.2 Å². The maximum Gasteiger partial charge on any atom is 0.243 e. The van der Waals surface area contributed by atoms with Crippen LogP contribution in [-0.2, 0) is 4.79 Å². The van der Waals surface area contributed by atoms with Gasteiger partial charge in [-0.15, -0.1) is 0 Å². The highest BCUT2D eigenvalue weighted by Gasteiger charge is 2.53. The molecule has 0 aliphatic heterocycles. The average Bonchev–Trinajstić information content (AvgIpc) is 3.12. The van der Waals surface area contributed by atoms with Gasteiger partial charge < -0.3 is 0 Å². The number of carbonyl (C=O) groups is 1. The first-order chi connectivity index (χ1) is 10.3. The molecule has 0 bridgehead atoms. The van der Waals surface area contributed by atoms with E-state index in [0.29, 0.717) is 11.8 Å². The topological polar surface area (TPSA) is 41.5 Å². The number of carbonyl (C=O) groups excluding carboxylic acids is 1. The summed E-state index contributed by atoms with van der Waals surface area (Å²) < 4.78 is 1.03. The molecule has 3 rings (SSSR count). The van der Waals surface area contributed by atoms with Gasteiger partial charge in [0.25, 0.3) is 0 Å². The van der Waals surface area contributed by atoms with E-state index in [1.807, 2.05) is 24.3 Å². The first-order valence-corrected chi connectivity index (χ1v) is 8.28. The molecule has 1 aromatic rings. The normalized spacial score (nSPS) is 27.8. The van der Waals surface area contributed by atoms with Crippen molar-refractivity contribution in [2.24, 2.45) is 22.9 Å². The molecule has 1 saturated carbocycles. The van der Waals surface area contributed by atoms with E-state index < -0.39 is 0 Å². The molecule has 21 heavy (non-hydrogen) atoms. The third-order valence-corrected chi connectivity index (χ3v) is 4.92. The Labute approximate surface area is 133 Å². The molecule has 4 heteroatoms. The van der Waals surface area contributed by atoms with Crippen molar-refractivity contribution >= 4 is 28.1 Å². The zero-order chi connectivity index (χ0) is 14.7. The first-order valence-electron chi connectivity index (χ1n) is 7.49.